The predicted molar refractivity (Wildman–Crippen MR) is 101 cm³/mol. The Labute approximate surface area is 151 Å². The molecule has 0 saturated carbocycles. The Bertz CT molecular complexity index is 300. The van der Waals surface area contributed by atoms with Crippen LogP contribution in [0.4, 0.5) is 0 Å². The molecule has 0 atom stereocenters. The maximum absolute atomic E-state index is 6.20. The molecule has 1 aliphatic heterocycles. The molecular weight excluding hydrogens is 360 g/mol. The summed E-state index contributed by atoms with van der Waals surface area (Å²) in [7, 11) is -8.45. The van der Waals surface area contributed by atoms with Crippen LogP contribution >= 0.6 is 0 Å². The standard InChI is InChI=1S/C15H36O6Si3/c1-7-10-13-16-22(4)19-23(5,17-14-11-8-2)21-24(6,20-22)18-15-12-9-3/h7-15H2,1-6H3. The molecule has 0 aliphatic carbocycles. The lowest BCUT2D eigenvalue weighted by Crippen LogP contribution is -2.70. The van der Waals surface area contributed by atoms with Crippen molar-refractivity contribution in [1.82, 2.24) is 0 Å². The normalized spacial score (nSPS) is 33.8. The van der Waals surface area contributed by atoms with Crippen molar-refractivity contribution in [2.75, 3.05) is 19.8 Å². The summed E-state index contributed by atoms with van der Waals surface area (Å²) < 4.78 is 36.7. The van der Waals surface area contributed by atoms with E-state index in [0.717, 1.165) is 38.5 Å². The van der Waals surface area contributed by atoms with Gasteiger partial charge in [0, 0.05) is 39.5 Å². The fraction of sp³-hybridized carbons (Fsp3) is 1.00. The molecule has 0 aromatic rings. The van der Waals surface area contributed by atoms with E-state index in [1.165, 1.54) is 0 Å². The summed E-state index contributed by atoms with van der Waals surface area (Å²) in [5.41, 5.74) is 0. The van der Waals surface area contributed by atoms with Crippen LogP contribution in [-0.4, -0.2) is 46.2 Å². The highest BCUT2D eigenvalue weighted by Gasteiger charge is 2.62. The zero-order valence-corrected chi connectivity index (χ0v) is 19.3. The van der Waals surface area contributed by atoms with Crippen LogP contribution in [0.5, 0.6) is 0 Å². The van der Waals surface area contributed by atoms with E-state index in [1.807, 2.05) is 19.6 Å². The molecule has 0 bridgehead atoms. The second-order valence-corrected chi connectivity index (χ2v) is 15.0. The molecule has 0 unspecified atom stereocenters. The number of hydrogen-bond donors (Lipinski definition) is 0. The average molecular weight is 397 g/mol. The van der Waals surface area contributed by atoms with Crippen LogP contribution in [0.3, 0.4) is 0 Å². The molecule has 144 valence electrons. The van der Waals surface area contributed by atoms with E-state index < -0.39 is 26.4 Å². The molecule has 0 N–H and O–H groups in total. The minimum Gasteiger partial charge on any atom is -0.375 e. The van der Waals surface area contributed by atoms with Crippen LogP contribution in [0.25, 0.3) is 0 Å². The molecule has 0 radical (unpaired) electrons. The average Bonchev–Trinajstić information content (AvgIpc) is 2.46. The largest absolute Gasteiger partial charge is 0.482 e. The number of hydrogen-bond acceptors (Lipinski definition) is 6. The summed E-state index contributed by atoms with van der Waals surface area (Å²) in [6.07, 6.45) is 6.18. The van der Waals surface area contributed by atoms with Crippen molar-refractivity contribution in [3.05, 3.63) is 0 Å². The van der Waals surface area contributed by atoms with Crippen molar-refractivity contribution in [2.45, 2.75) is 78.9 Å². The first-order valence-electron chi connectivity index (χ1n) is 9.32. The molecule has 1 heterocycles. The Balaban J connectivity index is 2.80. The summed E-state index contributed by atoms with van der Waals surface area (Å²) in [5, 5.41) is 0. The van der Waals surface area contributed by atoms with Gasteiger partial charge in [-0.3, -0.25) is 0 Å². The Morgan fingerprint density at radius 1 is 0.542 bits per heavy atom. The van der Waals surface area contributed by atoms with Gasteiger partial charge in [-0.1, -0.05) is 40.0 Å². The molecule has 1 saturated heterocycles. The first kappa shape index (κ1) is 22.5. The van der Waals surface area contributed by atoms with E-state index >= 15 is 0 Å². The summed E-state index contributed by atoms with van der Waals surface area (Å²) >= 11 is 0. The second-order valence-electron chi connectivity index (χ2n) is 6.50. The summed E-state index contributed by atoms with van der Waals surface area (Å²) in [5.74, 6) is 0. The van der Waals surface area contributed by atoms with Crippen LogP contribution in [0.15, 0.2) is 0 Å². The maximum atomic E-state index is 6.20. The lowest BCUT2D eigenvalue weighted by Gasteiger charge is -2.46. The Kier molecular flexibility index (Phi) is 9.85. The van der Waals surface area contributed by atoms with Crippen LogP contribution < -0.4 is 0 Å². The number of rotatable bonds is 12. The minimum atomic E-state index is -2.82. The Morgan fingerprint density at radius 2 is 0.792 bits per heavy atom. The van der Waals surface area contributed by atoms with Crippen molar-refractivity contribution >= 4 is 26.4 Å². The van der Waals surface area contributed by atoms with E-state index in [1.54, 1.807) is 0 Å². The van der Waals surface area contributed by atoms with Gasteiger partial charge < -0.3 is 25.6 Å². The molecule has 0 amide bonds. The minimum absolute atomic E-state index is 0.637. The Morgan fingerprint density at radius 3 is 1.00 bits per heavy atom. The quantitative estimate of drug-likeness (QED) is 0.364. The van der Waals surface area contributed by atoms with Gasteiger partial charge in [-0.15, -0.1) is 0 Å². The molecule has 0 aromatic heterocycles. The highest BCUT2D eigenvalue weighted by atomic mass is 28.5. The molecule has 24 heavy (non-hydrogen) atoms. The fourth-order valence-corrected chi connectivity index (χ4v) is 15.1. The third kappa shape index (κ3) is 7.75. The van der Waals surface area contributed by atoms with E-state index in [4.69, 9.17) is 25.6 Å². The molecule has 1 fully saturated rings. The van der Waals surface area contributed by atoms with Gasteiger partial charge in [0.05, 0.1) is 0 Å². The van der Waals surface area contributed by atoms with Gasteiger partial charge in [0.2, 0.25) is 0 Å². The van der Waals surface area contributed by atoms with Crippen LogP contribution in [0.2, 0.25) is 19.6 Å². The highest BCUT2D eigenvalue weighted by Crippen LogP contribution is 2.33. The number of unbranched alkanes of at least 4 members (excludes halogenated alkanes) is 3. The van der Waals surface area contributed by atoms with Gasteiger partial charge in [-0.25, -0.2) is 0 Å². The third-order valence-electron chi connectivity index (χ3n) is 3.70. The van der Waals surface area contributed by atoms with Crippen LogP contribution in [-0.2, 0) is 25.6 Å². The molecule has 9 heteroatoms. The van der Waals surface area contributed by atoms with E-state index in [2.05, 4.69) is 20.8 Å². The van der Waals surface area contributed by atoms with Crippen LogP contribution in [0.1, 0.15) is 59.3 Å². The van der Waals surface area contributed by atoms with Gasteiger partial charge in [0.1, 0.15) is 0 Å². The molecule has 1 aliphatic rings. The highest BCUT2D eigenvalue weighted by molar-refractivity contribution is 6.87. The van der Waals surface area contributed by atoms with E-state index in [9.17, 15) is 0 Å². The van der Waals surface area contributed by atoms with Crippen molar-refractivity contribution in [3.63, 3.8) is 0 Å². The monoisotopic (exact) mass is 396 g/mol. The van der Waals surface area contributed by atoms with Gasteiger partial charge in [0.15, 0.2) is 0 Å². The third-order valence-corrected chi connectivity index (χ3v) is 14.8. The zero-order valence-electron chi connectivity index (χ0n) is 16.3. The SMILES string of the molecule is CCCCO[Si]1(C)O[Si](C)(OCCCC)O[Si](C)(OCCCC)O1. The molecule has 1 rings (SSSR count). The van der Waals surface area contributed by atoms with Crippen LogP contribution in [0, 0.1) is 0 Å². The molecular formula is C15H36O6Si3. The van der Waals surface area contributed by atoms with Crippen molar-refractivity contribution < 1.29 is 25.6 Å². The summed E-state index contributed by atoms with van der Waals surface area (Å²) in [4.78, 5) is 0. The zero-order chi connectivity index (χ0) is 18.1. The van der Waals surface area contributed by atoms with Gasteiger partial charge in [-0.2, -0.15) is 0 Å². The van der Waals surface area contributed by atoms with Gasteiger partial charge in [-0.05, 0) is 19.3 Å². The lowest BCUT2D eigenvalue weighted by molar-refractivity contribution is 0.0210. The van der Waals surface area contributed by atoms with Gasteiger partial charge in [0.25, 0.3) is 0 Å². The fourth-order valence-electron chi connectivity index (χ4n) is 2.46. The van der Waals surface area contributed by atoms with Gasteiger partial charge >= 0.3 is 26.4 Å². The smallest absolute Gasteiger partial charge is 0.375 e. The Hall–Kier alpha value is 0.411. The molecule has 6 nitrogen and oxygen atoms in total. The topological polar surface area (TPSA) is 55.4 Å². The lowest BCUT2D eigenvalue weighted by atomic mass is 10.4. The first-order valence-corrected chi connectivity index (χ1v) is 16.0. The summed E-state index contributed by atoms with van der Waals surface area (Å²) in [6, 6.07) is 0. The maximum Gasteiger partial charge on any atom is 0.482 e. The molecule has 0 aromatic carbocycles. The van der Waals surface area contributed by atoms with Crippen molar-refractivity contribution in [3.8, 4) is 0 Å². The van der Waals surface area contributed by atoms with Crippen molar-refractivity contribution in [1.29, 1.82) is 0 Å². The van der Waals surface area contributed by atoms with E-state index in [-0.39, 0.29) is 0 Å². The molecule has 0 spiro atoms. The van der Waals surface area contributed by atoms with Crippen molar-refractivity contribution in [2.24, 2.45) is 0 Å². The first-order chi connectivity index (χ1) is 11.3. The van der Waals surface area contributed by atoms with E-state index in [0.29, 0.717) is 19.8 Å². The summed E-state index contributed by atoms with van der Waals surface area (Å²) in [6.45, 7) is 14.1. The second kappa shape index (κ2) is 10.5. The predicted octanol–water partition coefficient (Wildman–Crippen LogP) is 4.21.